The van der Waals surface area contributed by atoms with Gasteiger partial charge in [0.25, 0.3) is 11.8 Å². The molecule has 2 N–H and O–H groups in total. The van der Waals surface area contributed by atoms with E-state index in [4.69, 9.17) is 0 Å². The van der Waals surface area contributed by atoms with Crippen LogP contribution in [0.2, 0.25) is 0 Å². The van der Waals surface area contributed by atoms with E-state index in [1.54, 1.807) is 29.2 Å². The van der Waals surface area contributed by atoms with Gasteiger partial charge in [-0.1, -0.05) is 25.1 Å². The average Bonchev–Trinajstić information content (AvgIpc) is 2.83. The van der Waals surface area contributed by atoms with E-state index in [0.29, 0.717) is 37.1 Å². The monoisotopic (exact) mass is 439 g/mol. The van der Waals surface area contributed by atoms with E-state index in [9.17, 15) is 18.8 Å². The van der Waals surface area contributed by atoms with Gasteiger partial charge in [0.2, 0.25) is 5.91 Å². The molecule has 2 aromatic rings. The van der Waals surface area contributed by atoms with E-state index in [0.717, 1.165) is 6.42 Å². The molecule has 1 heterocycles. The van der Waals surface area contributed by atoms with Crippen molar-refractivity contribution in [1.82, 2.24) is 15.5 Å². The molecule has 7 heteroatoms. The Hall–Kier alpha value is -3.22. The highest BCUT2D eigenvalue weighted by atomic mass is 19.1. The molecule has 6 nitrogen and oxygen atoms in total. The molecule has 170 valence electrons. The number of benzene rings is 2. The van der Waals surface area contributed by atoms with E-state index in [1.807, 2.05) is 19.9 Å². The van der Waals surface area contributed by atoms with Crippen LogP contribution in [0.1, 0.15) is 53.8 Å². The fourth-order valence-electron chi connectivity index (χ4n) is 3.86. The average molecular weight is 440 g/mol. The Morgan fingerprint density at radius 1 is 0.969 bits per heavy atom. The summed E-state index contributed by atoms with van der Waals surface area (Å²) in [5, 5.41) is 5.90. The first-order valence-corrected chi connectivity index (χ1v) is 11.1. The summed E-state index contributed by atoms with van der Waals surface area (Å²) in [7, 11) is 0. The maximum atomic E-state index is 13.2. The summed E-state index contributed by atoms with van der Waals surface area (Å²) >= 11 is 0. The Morgan fingerprint density at radius 2 is 1.59 bits per heavy atom. The summed E-state index contributed by atoms with van der Waals surface area (Å²) in [6, 6.07) is 13.6. The van der Waals surface area contributed by atoms with E-state index < -0.39 is 6.04 Å². The SMILES string of the molecule is CCC(C)NC(=O)C(NC(=O)c1ccccc1)C1CCN(C(=O)c2ccc(F)cc2)CC1. The Labute approximate surface area is 188 Å². The zero-order valence-corrected chi connectivity index (χ0v) is 18.5. The number of nitrogens with zero attached hydrogens (tertiary/aromatic N) is 1. The van der Waals surface area contributed by atoms with Crippen LogP contribution in [0.25, 0.3) is 0 Å². The number of carbonyl (C=O) groups excluding carboxylic acids is 3. The van der Waals surface area contributed by atoms with E-state index in [-0.39, 0.29) is 35.5 Å². The van der Waals surface area contributed by atoms with Crippen LogP contribution in [0, 0.1) is 11.7 Å². The van der Waals surface area contributed by atoms with Crippen LogP contribution in [0.5, 0.6) is 0 Å². The molecule has 1 fully saturated rings. The second kappa shape index (κ2) is 10.9. The largest absolute Gasteiger partial charge is 0.352 e. The topological polar surface area (TPSA) is 78.5 Å². The van der Waals surface area contributed by atoms with Crippen molar-refractivity contribution in [2.24, 2.45) is 5.92 Å². The number of carbonyl (C=O) groups is 3. The molecule has 2 atom stereocenters. The van der Waals surface area contributed by atoms with Crippen LogP contribution < -0.4 is 10.6 Å². The van der Waals surface area contributed by atoms with Gasteiger partial charge in [-0.2, -0.15) is 0 Å². The highest BCUT2D eigenvalue weighted by Crippen LogP contribution is 2.23. The lowest BCUT2D eigenvalue weighted by atomic mass is 9.88. The molecule has 3 amide bonds. The number of amides is 3. The fourth-order valence-corrected chi connectivity index (χ4v) is 3.86. The van der Waals surface area contributed by atoms with Crippen LogP contribution in [0.3, 0.4) is 0 Å². The Morgan fingerprint density at radius 3 is 2.19 bits per heavy atom. The third-order valence-electron chi connectivity index (χ3n) is 6.00. The van der Waals surface area contributed by atoms with Crippen molar-refractivity contribution < 1.29 is 18.8 Å². The molecule has 2 aromatic carbocycles. The van der Waals surface area contributed by atoms with Crippen LogP contribution in [-0.2, 0) is 4.79 Å². The second-order valence-corrected chi connectivity index (χ2v) is 8.27. The lowest BCUT2D eigenvalue weighted by Crippen LogP contribution is -2.55. The summed E-state index contributed by atoms with van der Waals surface area (Å²) in [5.74, 6) is -1.13. The molecule has 3 rings (SSSR count). The molecule has 0 aromatic heterocycles. The first-order chi connectivity index (χ1) is 15.4. The van der Waals surface area contributed by atoms with Gasteiger partial charge in [0, 0.05) is 30.3 Å². The smallest absolute Gasteiger partial charge is 0.253 e. The maximum absolute atomic E-state index is 13.2. The number of halogens is 1. The Kier molecular flexibility index (Phi) is 7.98. The lowest BCUT2D eigenvalue weighted by molar-refractivity contribution is -0.125. The molecule has 1 saturated heterocycles. The second-order valence-electron chi connectivity index (χ2n) is 8.27. The maximum Gasteiger partial charge on any atom is 0.253 e. The van der Waals surface area contributed by atoms with Gasteiger partial charge in [-0.15, -0.1) is 0 Å². The number of nitrogens with one attached hydrogen (secondary N) is 2. The minimum atomic E-state index is -0.681. The standard InChI is InChI=1S/C25H30FN3O3/c1-3-17(2)27-24(31)22(28-23(30)19-7-5-4-6-8-19)18-13-15-29(16-14-18)25(32)20-9-11-21(26)12-10-20/h4-12,17-18,22H,3,13-16H2,1-2H3,(H,27,31)(H,28,30). The van der Waals surface area contributed by atoms with Gasteiger partial charge in [0.05, 0.1) is 0 Å². The van der Waals surface area contributed by atoms with Crippen molar-refractivity contribution in [2.45, 2.75) is 45.2 Å². The van der Waals surface area contributed by atoms with Crippen molar-refractivity contribution in [3.05, 3.63) is 71.5 Å². The number of hydrogen-bond acceptors (Lipinski definition) is 3. The van der Waals surface area contributed by atoms with Crippen molar-refractivity contribution in [2.75, 3.05) is 13.1 Å². The third-order valence-corrected chi connectivity index (χ3v) is 6.00. The summed E-state index contributed by atoms with van der Waals surface area (Å²) in [5.41, 5.74) is 0.936. The molecule has 0 bridgehead atoms. The molecule has 1 aliphatic rings. The van der Waals surface area contributed by atoms with Gasteiger partial charge in [-0.3, -0.25) is 14.4 Å². The molecular weight excluding hydrogens is 409 g/mol. The van der Waals surface area contributed by atoms with Crippen LogP contribution in [-0.4, -0.2) is 47.8 Å². The summed E-state index contributed by atoms with van der Waals surface area (Å²) in [6.45, 7) is 4.85. The molecular formula is C25H30FN3O3. The van der Waals surface area contributed by atoms with Gasteiger partial charge in [0.15, 0.2) is 0 Å². The van der Waals surface area contributed by atoms with Crippen LogP contribution >= 0.6 is 0 Å². The van der Waals surface area contributed by atoms with Gasteiger partial charge >= 0.3 is 0 Å². The predicted octanol–water partition coefficient (Wildman–Crippen LogP) is 3.39. The minimum absolute atomic E-state index is 0.00114. The molecule has 0 saturated carbocycles. The molecule has 2 unspecified atom stereocenters. The molecule has 32 heavy (non-hydrogen) atoms. The quantitative estimate of drug-likeness (QED) is 0.694. The van der Waals surface area contributed by atoms with Gasteiger partial charge in [-0.25, -0.2) is 4.39 Å². The molecule has 0 spiro atoms. The van der Waals surface area contributed by atoms with Crippen LogP contribution in [0.4, 0.5) is 4.39 Å². The van der Waals surface area contributed by atoms with Crippen molar-refractivity contribution in [3.8, 4) is 0 Å². The van der Waals surface area contributed by atoms with Crippen molar-refractivity contribution in [3.63, 3.8) is 0 Å². The zero-order chi connectivity index (χ0) is 23.1. The van der Waals surface area contributed by atoms with Crippen molar-refractivity contribution in [1.29, 1.82) is 0 Å². The van der Waals surface area contributed by atoms with E-state index in [1.165, 1.54) is 24.3 Å². The summed E-state index contributed by atoms with van der Waals surface area (Å²) < 4.78 is 13.2. The summed E-state index contributed by atoms with van der Waals surface area (Å²) in [6.07, 6.45) is 1.96. The first-order valence-electron chi connectivity index (χ1n) is 11.1. The van der Waals surface area contributed by atoms with Gasteiger partial charge in [-0.05, 0) is 68.5 Å². The normalized spacial score (nSPS) is 16.2. The Bertz CT molecular complexity index is 925. The van der Waals surface area contributed by atoms with Crippen LogP contribution in [0.15, 0.2) is 54.6 Å². The number of piperidine rings is 1. The third kappa shape index (κ3) is 5.93. The van der Waals surface area contributed by atoms with Crippen molar-refractivity contribution >= 4 is 17.7 Å². The van der Waals surface area contributed by atoms with E-state index in [2.05, 4.69) is 10.6 Å². The Balaban J connectivity index is 1.68. The number of likely N-dealkylation sites (tertiary alicyclic amines) is 1. The minimum Gasteiger partial charge on any atom is -0.352 e. The number of rotatable bonds is 7. The molecule has 0 radical (unpaired) electrons. The summed E-state index contributed by atoms with van der Waals surface area (Å²) in [4.78, 5) is 40.2. The zero-order valence-electron chi connectivity index (χ0n) is 18.5. The van der Waals surface area contributed by atoms with Gasteiger partial charge < -0.3 is 15.5 Å². The highest BCUT2D eigenvalue weighted by Gasteiger charge is 2.34. The molecule has 1 aliphatic heterocycles. The number of hydrogen-bond donors (Lipinski definition) is 2. The van der Waals surface area contributed by atoms with Gasteiger partial charge in [0.1, 0.15) is 11.9 Å². The predicted molar refractivity (Wildman–Crippen MR) is 121 cm³/mol. The molecule has 0 aliphatic carbocycles. The van der Waals surface area contributed by atoms with E-state index >= 15 is 0 Å². The first kappa shape index (κ1) is 23.4. The fraction of sp³-hybridized carbons (Fsp3) is 0.400. The lowest BCUT2D eigenvalue weighted by Gasteiger charge is -2.36. The highest BCUT2D eigenvalue weighted by molar-refractivity contribution is 5.97.